The van der Waals surface area contributed by atoms with Crippen LogP contribution in [0.5, 0.6) is 11.5 Å². The lowest BCUT2D eigenvalue weighted by Gasteiger charge is -2.31. The van der Waals surface area contributed by atoms with Crippen molar-refractivity contribution in [2.24, 2.45) is 0 Å². The molecule has 1 fully saturated rings. The number of piperidine rings is 1. The van der Waals surface area contributed by atoms with E-state index in [0.29, 0.717) is 35.3 Å². The van der Waals surface area contributed by atoms with Gasteiger partial charge in [-0.1, -0.05) is 24.6 Å². The van der Waals surface area contributed by atoms with Crippen molar-refractivity contribution in [2.45, 2.75) is 39.2 Å². The zero-order chi connectivity index (χ0) is 22.2. The average molecular weight is 444 g/mol. The van der Waals surface area contributed by atoms with Crippen LogP contribution in [0.25, 0.3) is 6.08 Å². The fourth-order valence-electron chi connectivity index (χ4n) is 3.52. The van der Waals surface area contributed by atoms with E-state index in [2.05, 4.69) is 4.90 Å². The maximum atomic E-state index is 12.6. The molecule has 1 saturated heterocycles. The zero-order valence-corrected chi connectivity index (χ0v) is 18.9. The first-order valence-electron chi connectivity index (χ1n) is 10.9. The largest absolute Gasteiger partial charge is 0.490 e. The van der Waals surface area contributed by atoms with Crippen molar-refractivity contribution in [2.75, 3.05) is 31.2 Å². The van der Waals surface area contributed by atoms with E-state index >= 15 is 0 Å². The number of benzene rings is 2. The van der Waals surface area contributed by atoms with Gasteiger partial charge in [-0.2, -0.15) is 0 Å². The third kappa shape index (κ3) is 6.25. The van der Waals surface area contributed by atoms with Gasteiger partial charge in [-0.25, -0.2) is 0 Å². The number of halogens is 1. The zero-order valence-electron chi connectivity index (χ0n) is 18.1. The number of hydrogen-bond acceptors (Lipinski definition) is 5. The van der Waals surface area contributed by atoms with Crippen LogP contribution in [-0.4, -0.2) is 43.3 Å². The van der Waals surface area contributed by atoms with Gasteiger partial charge in [0.25, 0.3) is 0 Å². The topological polar surface area (TPSA) is 59.0 Å². The van der Waals surface area contributed by atoms with E-state index in [9.17, 15) is 9.90 Å². The molecule has 0 spiro atoms. The molecule has 0 saturated carbocycles. The molecule has 0 unspecified atom stereocenters. The molecular weight excluding hydrogens is 414 g/mol. The smallest absolute Gasteiger partial charge is 0.185 e. The molecule has 0 aliphatic carbocycles. The first-order chi connectivity index (χ1) is 15.0. The third-order valence-corrected chi connectivity index (χ3v) is 5.47. The van der Waals surface area contributed by atoms with Gasteiger partial charge in [0.05, 0.1) is 24.3 Å². The number of ketones is 1. The van der Waals surface area contributed by atoms with E-state index in [1.54, 1.807) is 18.2 Å². The van der Waals surface area contributed by atoms with Gasteiger partial charge in [-0.3, -0.25) is 4.79 Å². The van der Waals surface area contributed by atoms with E-state index in [-0.39, 0.29) is 11.9 Å². The van der Waals surface area contributed by atoms with Crippen molar-refractivity contribution in [3.8, 4) is 11.5 Å². The average Bonchev–Trinajstić information content (AvgIpc) is 2.78. The molecule has 1 heterocycles. The standard InChI is InChI=1S/C25H30ClNO4/c1-3-15-31-25-22(26)16-18(17-24(25)30-4-2)5-10-23(29)19-6-8-20(9-7-19)27-13-11-21(28)12-14-27/h5-10,16-17,21,28H,3-4,11-15H2,1-2H3. The number of aliphatic hydroxyl groups excluding tert-OH is 1. The van der Waals surface area contributed by atoms with Crippen LogP contribution in [0.2, 0.25) is 5.02 Å². The van der Waals surface area contributed by atoms with Gasteiger partial charge < -0.3 is 19.5 Å². The quantitative estimate of drug-likeness (QED) is 0.416. The van der Waals surface area contributed by atoms with Crippen LogP contribution in [-0.2, 0) is 0 Å². The van der Waals surface area contributed by atoms with Crippen LogP contribution < -0.4 is 14.4 Å². The highest BCUT2D eigenvalue weighted by Crippen LogP contribution is 2.37. The Morgan fingerprint density at radius 1 is 1.16 bits per heavy atom. The summed E-state index contributed by atoms with van der Waals surface area (Å²) in [5.41, 5.74) is 2.47. The molecule has 0 bridgehead atoms. The first kappa shape index (κ1) is 23.2. The Balaban J connectivity index is 1.70. The molecule has 6 heteroatoms. The lowest BCUT2D eigenvalue weighted by atomic mass is 10.1. The predicted octanol–water partition coefficient (Wildman–Crippen LogP) is 5.38. The molecule has 0 aromatic heterocycles. The molecule has 31 heavy (non-hydrogen) atoms. The molecule has 2 aromatic rings. The van der Waals surface area contributed by atoms with Crippen LogP contribution in [0.3, 0.4) is 0 Å². The molecule has 0 radical (unpaired) electrons. The van der Waals surface area contributed by atoms with Gasteiger partial charge in [-0.15, -0.1) is 0 Å². The van der Waals surface area contributed by atoms with Gasteiger partial charge in [0.2, 0.25) is 0 Å². The molecule has 0 amide bonds. The normalized spacial score (nSPS) is 14.8. The van der Waals surface area contributed by atoms with Gasteiger partial charge in [-0.05, 0) is 74.2 Å². The summed E-state index contributed by atoms with van der Waals surface area (Å²) in [4.78, 5) is 14.9. The minimum Gasteiger partial charge on any atom is -0.490 e. The molecule has 5 nitrogen and oxygen atoms in total. The highest BCUT2D eigenvalue weighted by molar-refractivity contribution is 6.32. The number of hydrogen-bond donors (Lipinski definition) is 1. The van der Waals surface area contributed by atoms with E-state index < -0.39 is 0 Å². The monoisotopic (exact) mass is 443 g/mol. The molecule has 1 aliphatic heterocycles. The molecular formula is C25H30ClNO4. The molecule has 1 N–H and O–H groups in total. The summed E-state index contributed by atoms with van der Waals surface area (Å²) < 4.78 is 11.4. The van der Waals surface area contributed by atoms with E-state index in [4.69, 9.17) is 21.1 Å². The van der Waals surface area contributed by atoms with Crippen molar-refractivity contribution < 1.29 is 19.4 Å². The Bertz CT molecular complexity index is 902. The fourth-order valence-corrected chi connectivity index (χ4v) is 3.79. The maximum Gasteiger partial charge on any atom is 0.185 e. The lowest BCUT2D eigenvalue weighted by Crippen LogP contribution is -2.35. The summed E-state index contributed by atoms with van der Waals surface area (Å²) in [7, 11) is 0. The van der Waals surface area contributed by atoms with Gasteiger partial charge in [0.1, 0.15) is 0 Å². The lowest BCUT2D eigenvalue weighted by molar-refractivity contribution is 0.104. The number of carbonyl (C=O) groups excluding carboxylic acids is 1. The summed E-state index contributed by atoms with van der Waals surface area (Å²) in [5.74, 6) is 1.03. The Kier molecular flexibility index (Phi) is 8.38. The molecule has 0 atom stereocenters. The van der Waals surface area contributed by atoms with Crippen molar-refractivity contribution in [1.29, 1.82) is 0 Å². The number of aliphatic hydroxyl groups is 1. The Labute approximate surface area is 189 Å². The van der Waals surface area contributed by atoms with Gasteiger partial charge in [0, 0.05) is 24.3 Å². The molecule has 3 rings (SSSR count). The van der Waals surface area contributed by atoms with Crippen LogP contribution in [0.4, 0.5) is 5.69 Å². The fraction of sp³-hybridized carbons (Fsp3) is 0.400. The highest BCUT2D eigenvalue weighted by atomic mass is 35.5. The van der Waals surface area contributed by atoms with Crippen LogP contribution in [0, 0.1) is 0 Å². The number of anilines is 1. The second kappa shape index (κ2) is 11.2. The minimum absolute atomic E-state index is 0.0824. The number of nitrogens with zero attached hydrogens (tertiary/aromatic N) is 1. The Morgan fingerprint density at radius 3 is 2.52 bits per heavy atom. The van der Waals surface area contributed by atoms with E-state index in [1.807, 2.05) is 44.2 Å². The van der Waals surface area contributed by atoms with Crippen molar-refractivity contribution in [1.82, 2.24) is 0 Å². The van der Waals surface area contributed by atoms with Crippen LogP contribution in [0.15, 0.2) is 42.5 Å². The second-order valence-corrected chi connectivity index (χ2v) is 7.98. The molecule has 2 aromatic carbocycles. The highest BCUT2D eigenvalue weighted by Gasteiger charge is 2.17. The molecule has 166 valence electrons. The van der Waals surface area contributed by atoms with Crippen molar-refractivity contribution in [3.63, 3.8) is 0 Å². The van der Waals surface area contributed by atoms with Crippen LogP contribution >= 0.6 is 11.6 Å². The number of rotatable bonds is 9. The van der Waals surface area contributed by atoms with E-state index in [0.717, 1.165) is 43.6 Å². The summed E-state index contributed by atoms with van der Waals surface area (Å²) in [5, 5.41) is 10.1. The van der Waals surface area contributed by atoms with Gasteiger partial charge >= 0.3 is 0 Å². The first-order valence-corrected chi connectivity index (χ1v) is 11.2. The minimum atomic E-state index is -0.203. The van der Waals surface area contributed by atoms with Crippen molar-refractivity contribution in [3.05, 3.63) is 58.6 Å². The summed E-state index contributed by atoms with van der Waals surface area (Å²) in [6.45, 7) is 6.64. The van der Waals surface area contributed by atoms with Crippen LogP contribution in [0.1, 0.15) is 49.0 Å². The van der Waals surface area contributed by atoms with Crippen molar-refractivity contribution >= 4 is 29.1 Å². The van der Waals surface area contributed by atoms with E-state index in [1.165, 1.54) is 0 Å². The summed E-state index contributed by atoms with van der Waals surface area (Å²) in [6.07, 6.45) is 5.50. The Hall–Kier alpha value is -2.50. The molecule has 1 aliphatic rings. The number of allylic oxidation sites excluding steroid dienone is 1. The summed E-state index contributed by atoms with van der Waals surface area (Å²) >= 11 is 6.39. The predicted molar refractivity (Wildman–Crippen MR) is 126 cm³/mol. The third-order valence-electron chi connectivity index (χ3n) is 5.19. The number of ether oxygens (including phenoxy) is 2. The summed E-state index contributed by atoms with van der Waals surface area (Å²) in [6, 6.07) is 11.2. The SMILES string of the molecule is CCCOc1c(Cl)cc(C=CC(=O)c2ccc(N3CCC(O)CC3)cc2)cc1OCC. The Morgan fingerprint density at radius 2 is 1.87 bits per heavy atom. The van der Waals surface area contributed by atoms with Gasteiger partial charge in [0.15, 0.2) is 17.3 Å². The maximum absolute atomic E-state index is 12.6. The second-order valence-electron chi connectivity index (χ2n) is 7.57. The number of carbonyl (C=O) groups is 1.